The molecule has 2 N–H and O–H groups in total. The van der Waals surface area contributed by atoms with Gasteiger partial charge in [-0.3, -0.25) is 19.7 Å². The predicted molar refractivity (Wildman–Crippen MR) is 108 cm³/mol. The van der Waals surface area contributed by atoms with Crippen LogP contribution in [0.25, 0.3) is 0 Å². The van der Waals surface area contributed by atoms with Gasteiger partial charge in [0.25, 0.3) is 11.6 Å². The van der Waals surface area contributed by atoms with E-state index < -0.39 is 32.9 Å². The highest BCUT2D eigenvalue weighted by Gasteiger charge is 2.18. The fraction of sp³-hybridized carbons (Fsp3) is 0.263. The van der Waals surface area contributed by atoms with Gasteiger partial charge in [-0.15, -0.1) is 0 Å². The highest BCUT2D eigenvalue weighted by Crippen LogP contribution is 2.16. The van der Waals surface area contributed by atoms with Gasteiger partial charge in [0, 0.05) is 24.2 Å². The van der Waals surface area contributed by atoms with Crippen LogP contribution in [-0.4, -0.2) is 38.4 Å². The molecule has 1 atom stereocenters. The Morgan fingerprint density at radius 1 is 1.10 bits per heavy atom. The molecule has 0 radical (unpaired) electrons. The minimum Gasteiger partial charge on any atom is -0.453 e. The minimum atomic E-state index is -3.52. The van der Waals surface area contributed by atoms with Crippen LogP contribution in [0, 0.1) is 10.1 Å². The molecule has 0 spiro atoms. The van der Waals surface area contributed by atoms with Gasteiger partial charge in [-0.1, -0.05) is 12.1 Å². The topological polar surface area (TPSA) is 145 Å². The van der Waals surface area contributed by atoms with E-state index in [-0.39, 0.29) is 17.0 Å². The number of nitrogens with one attached hydrogen (secondary N) is 2. The normalized spacial score (nSPS) is 12.1. The van der Waals surface area contributed by atoms with Crippen LogP contribution in [-0.2, 0) is 30.8 Å². The van der Waals surface area contributed by atoms with E-state index in [0.717, 1.165) is 5.56 Å². The first-order valence-corrected chi connectivity index (χ1v) is 10.4. The van der Waals surface area contributed by atoms with Gasteiger partial charge in [-0.05, 0) is 50.2 Å². The molecule has 11 heteroatoms. The molecule has 0 aliphatic heterocycles. The molecular formula is C19H21N3O7S. The van der Waals surface area contributed by atoms with Crippen LogP contribution in [0.5, 0.6) is 0 Å². The SMILES string of the molecule is CNS(=O)(=O)c1ccc(CCC(=O)OC(C)C(=O)Nc2ccc([N+](=O)[O-])cc2)cc1. The Bertz CT molecular complexity index is 1020. The maximum absolute atomic E-state index is 12.1. The van der Waals surface area contributed by atoms with Crippen molar-refractivity contribution in [3.8, 4) is 0 Å². The molecule has 1 amide bonds. The number of rotatable bonds is 9. The molecule has 0 bridgehead atoms. The van der Waals surface area contributed by atoms with Crippen molar-refractivity contribution in [3.63, 3.8) is 0 Å². The number of non-ortho nitro benzene ring substituents is 1. The number of nitro groups is 1. The van der Waals surface area contributed by atoms with Crippen molar-refractivity contribution in [2.75, 3.05) is 12.4 Å². The van der Waals surface area contributed by atoms with Crippen LogP contribution in [0.2, 0.25) is 0 Å². The van der Waals surface area contributed by atoms with Crippen molar-refractivity contribution in [1.29, 1.82) is 0 Å². The molecule has 2 aromatic rings. The molecule has 0 aliphatic rings. The molecule has 2 aromatic carbocycles. The number of amides is 1. The van der Waals surface area contributed by atoms with Gasteiger partial charge in [0.2, 0.25) is 10.0 Å². The number of carbonyl (C=O) groups excluding carboxylic acids is 2. The zero-order valence-corrected chi connectivity index (χ0v) is 17.1. The molecular weight excluding hydrogens is 414 g/mol. The van der Waals surface area contributed by atoms with E-state index >= 15 is 0 Å². The average molecular weight is 435 g/mol. The van der Waals surface area contributed by atoms with E-state index in [0.29, 0.717) is 12.1 Å². The number of hydrogen-bond acceptors (Lipinski definition) is 7. The molecule has 0 saturated carbocycles. The summed E-state index contributed by atoms with van der Waals surface area (Å²) in [4.78, 5) is 34.3. The number of anilines is 1. The van der Waals surface area contributed by atoms with E-state index in [9.17, 15) is 28.1 Å². The maximum Gasteiger partial charge on any atom is 0.306 e. The molecule has 30 heavy (non-hydrogen) atoms. The molecule has 10 nitrogen and oxygen atoms in total. The van der Waals surface area contributed by atoms with Crippen LogP contribution in [0.15, 0.2) is 53.4 Å². The van der Waals surface area contributed by atoms with Crippen molar-refractivity contribution >= 4 is 33.3 Å². The third kappa shape index (κ3) is 6.36. The summed E-state index contributed by atoms with van der Waals surface area (Å²) in [5.41, 5.74) is 0.971. The molecule has 0 aromatic heterocycles. The largest absolute Gasteiger partial charge is 0.453 e. The Balaban J connectivity index is 1.83. The van der Waals surface area contributed by atoms with Gasteiger partial charge in [0.05, 0.1) is 9.82 Å². The van der Waals surface area contributed by atoms with Gasteiger partial charge in [-0.2, -0.15) is 0 Å². The Morgan fingerprint density at radius 3 is 2.23 bits per heavy atom. The van der Waals surface area contributed by atoms with Gasteiger partial charge in [0.1, 0.15) is 0 Å². The lowest BCUT2D eigenvalue weighted by Gasteiger charge is -2.13. The lowest BCUT2D eigenvalue weighted by Crippen LogP contribution is -2.30. The smallest absolute Gasteiger partial charge is 0.306 e. The second-order valence-corrected chi connectivity index (χ2v) is 8.16. The molecule has 0 aliphatic carbocycles. The fourth-order valence-corrected chi connectivity index (χ4v) is 3.15. The number of aryl methyl sites for hydroxylation is 1. The van der Waals surface area contributed by atoms with Crippen LogP contribution in [0.1, 0.15) is 18.9 Å². The summed E-state index contributed by atoms with van der Waals surface area (Å²) in [6, 6.07) is 11.3. The van der Waals surface area contributed by atoms with Crippen LogP contribution < -0.4 is 10.0 Å². The first-order chi connectivity index (χ1) is 14.1. The van der Waals surface area contributed by atoms with Crippen molar-refractivity contribution in [2.24, 2.45) is 0 Å². The van der Waals surface area contributed by atoms with Crippen LogP contribution in [0.4, 0.5) is 11.4 Å². The van der Waals surface area contributed by atoms with E-state index in [2.05, 4.69) is 10.0 Å². The van der Waals surface area contributed by atoms with Crippen LogP contribution in [0.3, 0.4) is 0 Å². The van der Waals surface area contributed by atoms with E-state index in [1.165, 1.54) is 50.4 Å². The summed E-state index contributed by atoms with van der Waals surface area (Å²) in [7, 11) is -2.21. The molecule has 2 rings (SSSR count). The summed E-state index contributed by atoms with van der Waals surface area (Å²) in [5.74, 6) is -1.16. The zero-order chi connectivity index (χ0) is 22.3. The second kappa shape index (κ2) is 9.94. The third-order valence-electron chi connectivity index (χ3n) is 4.14. The Labute approximate surface area is 173 Å². The number of carbonyl (C=O) groups is 2. The average Bonchev–Trinajstić information content (AvgIpc) is 2.72. The maximum atomic E-state index is 12.1. The van der Waals surface area contributed by atoms with E-state index in [1.54, 1.807) is 12.1 Å². The van der Waals surface area contributed by atoms with Crippen molar-refractivity contribution in [1.82, 2.24) is 4.72 Å². The summed E-state index contributed by atoms with van der Waals surface area (Å²) < 4.78 is 30.7. The van der Waals surface area contributed by atoms with Crippen molar-refractivity contribution < 1.29 is 27.7 Å². The zero-order valence-electron chi connectivity index (χ0n) is 16.3. The molecule has 0 heterocycles. The number of nitro benzene ring substituents is 1. The highest BCUT2D eigenvalue weighted by molar-refractivity contribution is 7.89. The first kappa shape index (κ1) is 23.0. The third-order valence-corrected chi connectivity index (χ3v) is 5.57. The standard InChI is InChI=1S/C19H21N3O7S/c1-13(19(24)21-15-6-8-16(9-7-15)22(25)26)29-18(23)12-5-14-3-10-17(11-4-14)30(27,28)20-2/h3-4,6-11,13,20H,5,12H2,1-2H3,(H,21,24). The Kier molecular flexibility index (Phi) is 7.61. The minimum absolute atomic E-state index is 0.00722. The van der Waals surface area contributed by atoms with Crippen molar-refractivity contribution in [2.45, 2.75) is 30.8 Å². The summed E-state index contributed by atoms with van der Waals surface area (Å²) in [6.07, 6.45) is -0.737. The Morgan fingerprint density at radius 2 is 1.70 bits per heavy atom. The summed E-state index contributed by atoms with van der Waals surface area (Å²) in [5, 5.41) is 13.1. The van der Waals surface area contributed by atoms with E-state index in [4.69, 9.17) is 4.74 Å². The summed E-state index contributed by atoms with van der Waals surface area (Å²) >= 11 is 0. The monoisotopic (exact) mass is 435 g/mol. The van der Waals surface area contributed by atoms with Crippen molar-refractivity contribution in [3.05, 3.63) is 64.2 Å². The number of hydrogen-bond donors (Lipinski definition) is 2. The van der Waals surface area contributed by atoms with Gasteiger partial charge < -0.3 is 10.1 Å². The van der Waals surface area contributed by atoms with E-state index in [1.807, 2.05) is 0 Å². The highest BCUT2D eigenvalue weighted by atomic mass is 32.2. The molecule has 0 saturated heterocycles. The lowest BCUT2D eigenvalue weighted by molar-refractivity contribution is -0.384. The first-order valence-electron chi connectivity index (χ1n) is 8.89. The number of sulfonamides is 1. The predicted octanol–water partition coefficient (Wildman–Crippen LogP) is 2.01. The second-order valence-electron chi connectivity index (χ2n) is 6.28. The quantitative estimate of drug-likeness (QED) is 0.348. The molecule has 1 unspecified atom stereocenters. The van der Waals surface area contributed by atoms with Gasteiger partial charge in [0.15, 0.2) is 6.10 Å². The lowest BCUT2D eigenvalue weighted by atomic mass is 10.1. The summed E-state index contributed by atoms with van der Waals surface area (Å²) in [6.45, 7) is 1.41. The molecule has 0 fully saturated rings. The van der Waals surface area contributed by atoms with Crippen LogP contribution >= 0.6 is 0 Å². The number of nitrogens with zero attached hydrogens (tertiary/aromatic N) is 1. The fourth-order valence-electron chi connectivity index (χ4n) is 2.42. The van der Waals surface area contributed by atoms with Gasteiger partial charge in [-0.25, -0.2) is 13.1 Å². The van der Waals surface area contributed by atoms with Gasteiger partial charge >= 0.3 is 5.97 Å². The molecule has 160 valence electrons. The number of ether oxygens (including phenoxy) is 1. The number of benzene rings is 2. The Hall–Kier alpha value is -3.31. The number of esters is 1.